The van der Waals surface area contributed by atoms with Gasteiger partial charge in [0.05, 0.1) is 0 Å². The quantitative estimate of drug-likeness (QED) is 0.691. The molecule has 1 saturated heterocycles. The van der Waals surface area contributed by atoms with Crippen molar-refractivity contribution in [3.8, 4) is 0 Å². The number of aromatic amines is 1. The average Bonchev–Trinajstić information content (AvgIpc) is 2.78. The monoisotopic (exact) mass is 235 g/mol. The Morgan fingerprint density at radius 3 is 3.00 bits per heavy atom. The summed E-state index contributed by atoms with van der Waals surface area (Å²) < 4.78 is 0. The Hall–Kier alpha value is -1.62. The number of aryl methyl sites for hydroxylation is 1. The van der Waals surface area contributed by atoms with Crippen molar-refractivity contribution in [1.82, 2.24) is 15.6 Å². The van der Waals surface area contributed by atoms with E-state index in [-0.39, 0.29) is 17.0 Å². The van der Waals surface area contributed by atoms with Gasteiger partial charge in [-0.3, -0.25) is 9.59 Å². The van der Waals surface area contributed by atoms with Gasteiger partial charge in [-0.05, 0) is 44.5 Å². The predicted molar refractivity (Wildman–Crippen MR) is 65.1 cm³/mol. The van der Waals surface area contributed by atoms with Crippen LogP contribution in [0, 0.1) is 12.8 Å². The summed E-state index contributed by atoms with van der Waals surface area (Å²) in [5.41, 5.74) is 0.611. The third-order valence-corrected chi connectivity index (χ3v) is 3.01. The minimum Gasteiger partial charge on any atom is -0.352 e. The molecule has 1 aromatic rings. The predicted octanol–water partition coefficient (Wildman–Crippen LogP) is 0.0226. The van der Waals surface area contributed by atoms with Crippen LogP contribution in [-0.4, -0.2) is 30.5 Å². The molecule has 1 amide bonds. The first kappa shape index (κ1) is 11.9. The van der Waals surface area contributed by atoms with E-state index < -0.39 is 0 Å². The molecule has 1 aliphatic heterocycles. The molecule has 0 radical (unpaired) electrons. The van der Waals surface area contributed by atoms with Crippen LogP contribution in [-0.2, 0) is 0 Å². The van der Waals surface area contributed by atoms with E-state index in [9.17, 15) is 9.59 Å². The van der Waals surface area contributed by atoms with E-state index in [1.165, 1.54) is 0 Å². The number of pyridine rings is 1. The molecule has 1 unspecified atom stereocenters. The average molecular weight is 235 g/mol. The van der Waals surface area contributed by atoms with Crippen molar-refractivity contribution in [2.75, 3.05) is 19.6 Å². The van der Waals surface area contributed by atoms with Crippen LogP contribution in [0.2, 0.25) is 0 Å². The summed E-state index contributed by atoms with van der Waals surface area (Å²) in [4.78, 5) is 25.9. The molecule has 5 nitrogen and oxygen atoms in total. The molecule has 1 fully saturated rings. The van der Waals surface area contributed by atoms with Crippen molar-refractivity contribution in [1.29, 1.82) is 0 Å². The van der Waals surface area contributed by atoms with Crippen molar-refractivity contribution in [3.63, 3.8) is 0 Å². The van der Waals surface area contributed by atoms with E-state index >= 15 is 0 Å². The van der Waals surface area contributed by atoms with Gasteiger partial charge in [0.25, 0.3) is 11.5 Å². The Morgan fingerprint density at radius 2 is 2.35 bits per heavy atom. The normalized spacial score (nSPS) is 19.2. The summed E-state index contributed by atoms with van der Waals surface area (Å²) >= 11 is 0. The second-order valence-corrected chi connectivity index (χ2v) is 4.45. The van der Waals surface area contributed by atoms with Crippen LogP contribution in [0.3, 0.4) is 0 Å². The number of hydrogen-bond donors (Lipinski definition) is 3. The molecular weight excluding hydrogens is 218 g/mol. The molecule has 1 aliphatic rings. The van der Waals surface area contributed by atoms with Gasteiger partial charge in [-0.1, -0.05) is 0 Å². The SMILES string of the molecule is Cc1ccc(C(=O)NCC2CCNC2)c(=O)[nH]1. The first-order chi connectivity index (χ1) is 8.16. The first-order valence-corrected chi connectivity index (χ1v) is 5.85. The van der Waals surface area contributed by atoms with E-state index in [0.717, 1.165) is 25.2 Å². The van der Waals surface area contributed by atoms with E-state index in [2.05, 4.69) is 15.6 Å². The highest BCUT2D eigenvalue weighted by molar-refractivity contribution is 5.93. The second-order valence-electron chi connectivity index (χ2n) is 4.45. The van der Waals surface area contributed by atoms with Gasteiger partial charge in [-0.25, -0.2) is 0 Å². The topological polar surface area (TPSA) is 74.0 Å². The molecule has 2 rings (SSSR count). The van der Waals surface area contributed by atoms with Gasteiger partial charge in [-0.2, -0.15) is 0 Å². The summed E-state index contributed by atoms with van der Waals surface area (Å²) in [5, 5.41) is 6.04. The number of nitrogens with one attached hydrogen (secondary N) is 3. The molecule has 0 aliphatic carbocycles. The first-order valence-electron chi connectivity index (χ1n) is 5.85. The van der Waals surface area contributed by atoms with Gasteiger partial charge in [0, 0.05) is 12.2 Å². The molecule has 1 atom stereocenters. The standard InChI is InChI=1S/C12H17N3O2/c1-8-2-3-10(12(17)15-8)11(16)14-7-9-4-5-13-6-9/h2-3,9,13H,4-7H2,1H3,(H,14,16)(H,15,17). The van der Waals surface area contributed by atoms with Crippen molar-refractivity contribution >= 4 is 5.91 Å². The van der Waals surface area contributed by atoms with Crippen LogP contribution in [0.4, 0.5) is 0 Å². The Kier molecular flexibility index (Phi) is 3.58. The maximum atomic E-state index is 11.8. The number of amides is 1. The lowest BCUT2D eigenvalue weighted by atomic mass is 10.1. The summed E-state index contributed by atoms with van der Waals surface area (Å²) in [6.07, 6.45) is 1.07. The third-order valence-electron chi connectivity index (χ3n) is 3.01. The highest BCUT2D eigenvalue weighted by atomic mass is 16.2. The zero-order valence-corrected chi connectivity index (χ0v) is 9.88. The fourth-order valence-corrected chi connectivity index (χ4v) is 1.97. The highest BCUT2D eigenvalue weighted by Crippen LogP contribution is 2.05. The van der Waals surface area contributed by atoms with Gasteiger partial charge in [0.15, 0.2) is 0 Å². The Balaban J connectivity index is 1.97. The summed E-state index contributed by atoms with van der Waals surface area (Å²) in [5.74, 6) is 0.182. The lowest BCUT2D eigenvalue weighted by Gasteiger charge is -2.09. The van der Waals surface area contributed by atoms with Crippen LogP contribution >= 0.6 is 0 Å². The number of hydrogen-bond acceptors (Lipinski definition) is 3. The molecule has 2 heterocycles. The fraction of sp³-hybridized carbons (Fsp3) is 0.500. The Bertz CT molecular complexity index is 461. The number of carbonyl (C=O) groups excluding carboxylic acids is 1. The van der Waals surface area contributed by atoms with E-state index in [0.29, 0.717) is 12.5 Å². The summed E-state index contributed by atoms with van der Waals surface area (Å²) in [7, 11) is 0. The number of rotatable bonds is 3. The van der Waals surface area contributed by atoms with Gasteiger partial charge in [0.1, 0.15) is 5.56 Å². The van der Waals surface area contributed by atoms with Crippen LogP contribution in [0.5, 0.6) is 0 Å². The fourth-order valence-electron chi connectivity index (χ4n) is 1.97. The molecule has 92 valence electrons. The molecule has 0 saturated carbocycles. The van der Waals surface area contributed by atoms with Crippen molar-refractivity contribution in [3.05, 3.63) is 33.7 Å². The van der Waals surface area contributed by atoms with Crippen LogP contribution in [0.25, 0.3) is 0 Å². The minimum absolute atomic E-state index is 0.182. The molecular formula is C12H17N3O2. The number of H-pyrrole nitrogens is 1. The third kappa shape index (κ3) is 2.94. The van der Waals surface area contributed by atoms with E-state index in [1.54, 1.807) is 19.1 Å². The van der Waals surface area contributed by atoms with E-state index in [1.807, 2.05) is 0 Å². The second kappa shape index (κ2) is 5.14. The molecule has 17 heavy (non-hydrogen) atoms. The zero-order valence-electron chi connectivity index (χ0n) is 9.88. The van der Waals surface area contributed by atoms with Crippen molar-refractivity contribution in [2.24, 2.45) is 5.92 Å². The smallest absolute Gasteiger partial charge is 0.260 e. The van der Waals surface area contributed by atoms with Gasteiger partial charge in [-0.15, -0.1) is 0 Å². The number of carbonyl (C=O) groups is 1. The van der Waals surface area contributed by atoms with E-state index in [4.69, 9.17) is 0 Å². The lowest BCUT2D eigenvalue weighted by molar-refractivity contribution is 0.0946. The minimum atomic E-state index is -0.327. The summed E-state index contributed by atoms with van der Waals surface area (Å²) in [6, 6.07) is 3.30. The van der Waals surface area contributed by atoms with Gasteiger partial charge >= 0.3 is 0 Å². The summed E-state index contributed by atoms with van der Waals surface area (Å²) in [6.45, 7) is 4.35. The molecule has 0 spiro atoms. The highest BCUT2D eigenvalue weighted by Gasteiger charge is 2.16. The molecule has 1 aromatic heterocycles. The van der Waals surface area contributed by atoms with Crippen LogP contribution in [0.1, 0.15) is 22.5 Å². The largest absolute Gasteiger partial charge is 0.352 e. The van der Waals surface area contributed by atoms with Crippen LogP contribution in [0.15, 0.2) is 16.9 Å². The lowest BCUT2D eigenvalue weighted by Crippen LogP contribution is -2.33. The Labute approximate surface area is 99.6 Å². The van der Waals surface area contributed by atoms with Crippen LogP contribution < -0.4 is 16.2 Å². The zero-order chi connectivity index (χ0) is 12.3. The Morgan fingerprint density at radius 1 is 1.53 bits per heavy atom. The maximum absolute atomic E-state index is 11.8. The molecule has 3 N–H and O–H groups in total. The molecule has 0 aromatic carbocycles. The van der Waals surface area contributed by atoms with Gasteiger partial charge in [0.2, 0.25) is 0 Å². The van der Waals surface area contributed by atoms with Crippen molar-refractivity contribution in [2.45, 2.75) is 13.3 Å². The maximum Gasteiger partial charge on any atom is 0.260 e. The molecule has 0 bridgehead atoms. The van der Waals surface area contributed by atoms with Crippen molar-refractivity contribution < 1.29 is 4.79 Å². The molecule has 5 heteroatoms. The van der Waals surface area contributed by atoms with Gasteiger partial charge < -0.3 is 15.6 Å². The number of aromatic nitrogens is 1.